The third-order valence-electron chi connectivity index (χ3n) is 12.3. The van der Waals surface area contributed by atoms with Crippen molar-refractivity contribution in [3.8, 4) is 50.6 Å². The van der Waals surface area contributed by atoms with Gasteiger partial charge < -0.3 is 9.55 Å². The number of hydrogen-bond donors (Lipinski definition) is 0. The van der Waals surface area contributed by atoms with Gasteiger partial charge in [-0.2, -0.15) is 0 Å². The Hall–Kier alpha value is -5.19. The standard InChI is InChI=1S/C34H25N2.C20H26NSi.Ir/c1-34(2)29-13-7-6-12-27(29)28-22-25(18-21-30(28)34)33-35-31-14-8-9-15-32(31)36(33)26-19-16-24(17-20-26)23-10-4-3-5-11-23;1-22(2,3)20-15-21-19(17-11-5-4-6-12-17)14-18(20)13-16-9-7-8-10-16;/h3-17,19-22H,1-2H3;4-6,11,14-16H,7-10,13H2,1-3H3;/q2*-1;. The van der Waals surface area contributed by atoms with Crippen LogP contribution in [0.3, 0.4) is 0 Å². The van der Waals surface area contributed by atoms with E-state index in [2.05, 4.69) is 184 Å². The Kier molecular flexibility index (Phi) is 11.6. The fraction of sp³-hybridized carbons (Fsp3) is 0.222. The van der Waals surface area contributed by atoms with Crippen LogP contribution in [0, 0.1) is 18.1 Å². The molecule has 1 radical (unpaired) electrons. The summed E-state index contributed by atoms with van der Waals surface area (Å²) in [5.41, 5.74) is 15.6. The molecule has 2 aliphatic carbocycles. The van der Waals surface area contributed by atoms with Crippen molar-refractivity contribution in [1.29, 1.82) is 0 Å². The molecule has 59 heavy (non-hydrogen) atoms. The molecular weight excluding hydrogens is 911 g/mol. The molecule has 0 spiro atoms. The molecule has 0 amide bonds. The number of nitrogens with zero attached hydrogens (tertiary/aromatic N) is 3. The van der Waals surface area contributed by atoms with Gasteiger partial charge >= 0.3 is 0 Å². The van der Waals surface area contributed by atoms with Crippen LogP contribution in [-0.2, 0) is 31.9 Å². The van der Waals surface area contributed by atoms with Crippen molar-refractivity contribution in [1.82, 2.24) is 14.5 Å². The van der Waals surface area contributed by atoms with Crippen molar-refractivity contribution < 1.29 is 20.1 Å². The van der Waals surface area contributed by atoms with Gasteiger partial charge in [-0.1, -0.05) is 155 Å². The molecule has 0 bridgehead atoms. The Labute approximate surface area is 365 Å². The number of aromatic nitrogens is 3. The summed E-state index contributed by atoms with van der Waals surface area (Å²) in [6.07, 6.45) is 9.03. The van der Waals surface area contributed by atoms with Crippen LogP contribution in [0.4, 0.5) is 0 Å². The topological polar surface area (TPSA) is 30.7 Å². The van der Waals surface area contributed by atoms with Gasteiger partial charge in [0.2, 0.25) is 0 Å². The largest absolute Gasteiger partial charge is 0.333 e. The van der Waals surface area contributed by atoms with E-state index in [0.29, 0.717) is 0 Å². The molecular formula is C54H51IrN3Si-2. The minimum absolute atomic E-state index is 0. The molecule has 2 aliphatic rings. The van der Waals surface area contributed by atoms with Crippen LogP contribution in [0.25, 0.3) is 61.6 Å². The van der Waals surface area contributed by atoms with Gasteiger partial charge in [0.1, 0.15) is 0 Å². The monoisotopic (exact) mass is 962 g/mol. The van der Waals surface area contributed by atoms with Crippen LogP contribution in [0.15, 0.2) is 152 Å². The first-order chi connectivity index (χ1) is 28.1. The summed E-state index contributed by atoms with van der Waals surface area (Å²) in [7, 11) is -1.35. The van der Waals surface area contributed by atoms with Crippen LogP contribution in [0.2, 0.25) is 19.6 Å². The van der Waals surface area contributed by atoms with Gasteiger partial charge in [0.05, 0.1) is 24.9 Å². The number of pyridine rings is 1. The molecule has 5 heteroatoms. The van der Waals surface area contributed by atoms with Crippen molar-refractivity contribution in [2.75, 3.05) is 0 Å². The SMILES string of the molecule is CC1(C)c2c[c-]c(-c3nc4ccccc4n3-c3ccc(-c4ccccc4)cc3)cc2-c2ccccc21.C[Si](C)(C)c1cnc(-c2[c-]cccc2)cc1CC1CCCC1.[Ir]. The molecule has 10 rings (SSSR count). The fourth-order valence-electron chi connectivity index (χ4n) is 9.24. The molecule has 0 unspecified atom stereocenters. The van der Waals surface area contributed by atoms with E-state index in [9.17, 15) is 0 Å². The van der Waals surface area contributed by atoms with Crippen molar-refractivity contribution in [3.05, 3.63) is 181 Å². The van der Waals surface area contributed by atoms with Crippen molar-refractivity contribution >= 4 is 24.3 Å². The Morgan fingerprint density at radius 2 is 1.39 bits per heavy atom. The van der Waals surface area contributed by atoms with Gasteiger partial charge in [-0.3, -0.25) is 4.98 Å². The maximum absolute atomic E-state index is 5.09. The van der Waals surface area contributed by atoms with Crippen LogP contribution in [0.1, 0.15) is 56.2 Å². The van der Waals surface area contributed by atoms with E-state index >= 15 is 0 Å². The van der Waals surface area contributed by atoms with Crippen molar-refractivity contribution in [3.63, 3.8) is 0 Å². The summed E-state index contributed by atoms with van der Waals surface area (Å²) >= 11 is 0. The van der Waals surface area contributed by atoms with Gasteiger partial charge in [-0.05, 0) is 75.2 Å². The molecule has 3 nitrogen and oxygen atoms in total. The molecule has 2 heterocycles. The Bertz CT molecular complexity index is 2700. The maximum atomic E-state index is 5.09. The van der Waals surface area contributed by atoms with Crippen molar-refractivity contribution in [2.24, 2.45) is 5.92 Å². The number of imidazole rings is 1. The molecule has 0 N–H and O–H groups in total. The number of benzene rings is 6. The van der Waals surface area contributed by atoms with Gasteiger partial charge in [0.25, 0.3) is 0 Å². The second-order valence-corrected chi connectivity index (χ2v) is 22.7. The van der Waals surface area contributed by atoms with E-state index in [0.717, 1.165) is 45.3 Å². The molecule has 0 saturated heterocycles. The molecule has 2 aromatic heterocycles. The summed E-state index contributed by atoms with van der Waals surface area (Å²) in [5.74, 6) is 1.79. The van der Waals surface area contributed by atoms with Gasteiger partial charge in [-0.15, -0.1) is 65.2 Å². The average Bonchev–Trinajstić information content (AvgIpc) is 3.97. The number of fused-ring (bicyclic) bond motifs is 4. The van der Waals surface area contributed by atoms with Gasteiger partial charge in [0.15, 0.2) is 0 Å². The van der Waals surface area contributed by atoms with E-state index in [1.54, 1.807) is 10.8 Å². The van der Waals surface area contributed by atoms with Crippen LogP contribution < -0.4 is 5.19 Å². The Morgan fingerprint density at radius 3 is 2.14 bits per heavy atom. The van der Waals surface area contributed by atoms with Crippen LogP contribution >= 0.6 is 0 Å². The minimum Gasteiger partial charge on any atom is -0.333 e. The Balaban J connectivity index is 0.000000181. The van der Waals surface area contributed by atoms with E-state index in [1.807, 2.05) is 18.2 Å². The zero-order chi connectivity index (χ0) is 39.9. The normalized spacial score (nSPS) is 14.3. The molecule has 1 fully saturated rings. The molecule has 8 aromatic rings. The van der Waals surface area contributed by atoms with Crippen LogP contribution in [0.5, 0.6) is 0 Å². The summed E-state index contributed by atoms with van der Waals surface area (Å²) in [5, 5.41) is 1.54. The molecule has 1 saturated carbocycles. The average molecular weight is 962 g/mol. The van der Waals surface area contributed by atoms with Gasteiger partial charge in [-0.25, -0.2) is 0 Å². The smallest absolute Gasteiger partial charge is 0.0798 e. The predicted molar refractivity (Wildman–Crippen MR) is 245 cm³/mol. The first-order valence-corrected chi connectivity index (χ1v) is 24.4. The molecule has 297 valence electrons. The van der Waals surface area contributed by atoms with E-state index in [1.165, 1.54) is 65.5 Å². The zero-order valence-electron chi connectivity index (χ0n) is 34.7. The first-order valence-electron chi connectivity index (χ1n) is 20.9. The summed E-state index contributed by atoms with van der Waals surface area (Å²) < 4.78 is 2.26. The number of hydrogen-bond acceptors (Lipinski definition) is 2. The van der Waals surface area contributed by atoms with E-state index in [-0.39, 0.29) is 25.5 Å². The second-order valence-electron chi connectivity index (χ2n) is 17.6. The van der Waals surface area contributed by atoms with Crippen molar-refractivity contribution in [2.45, 2.75) is 71.0 Å². The fourth-order valence-corrected chi connectivity index (χ4v) is 10.8. The zero-order valence-corrected chi connectivity index (χ0v) is 38.1. The molecule has 6 aromatic carbocycles. The third-order valence-corrected chi connectivity index (χ3v) is 14.4. The number of para-hydroxylation sites is 2. The molecule has 0 aliphatic heterocycles. The minimum atomic E-state index is -1.35. The molecule has 0 atom stereocenters. The van der Waals surface area contributed by atoms with Crippen LogP contribution in [-0.4, -0.2) is 22.6 Å². The van der Waals surface area contributed by atoms with E-state index < -0.39 is 8.07 Å². The van der Waals surface area contributed by atoms with E-state index in [4.69, 9.17) is 9.97 Å². The second kappa shape index (κ2) is 16.8. The maximum Gasteiger partial charge on any atom is 0.0798 e. The van der Waals surface area contributed by atoms with Gasteiger partial charge in [0, 0.05) is 32.0 Å². The first kappa shape index (κ1) is 40.6. The summed E-state index contributed by atoms with van der Waals surface area (Å²) in [6.45, 7) is 11.9. The predicted octanol–water partition coefficient (Wildman–Crippen LogP) is 13.3. The summed E-state index contributed by atoms with van der Waals surface area (Å²) in [4.78, 5) is 9.84. The quantitative estimate of drug-likeness (QED) is 0.118. The Morgan fingerprint density at radius 1 is 0.695 bits per heavy atom. The summed E-state index contributed by atoms with van der Waals surface area (Å²) in [6, 6.07) is 58.2. The number of rotatable bonds is 7. The third kappa shape index (κ3) is 8.09.